The van der Waals surface area contributed by atoms with Crippen molar-refractivity contribution in [3.63, 3.8) is 0 Å². The second kappa shape index (κ2) is 10.6. The monoisotopic (exact) mass is 348 g/mol. The lowest BCUT2D eigenvalue weighted by Crippen LogP contribution is -2.44. The largest absolute Gasteiger partial charge is 0.397 e. The number of anilines is 1. The van der Waals surface area contributed by atoms with Crippen LogP contribution in [0.3, 0.4) is 0 Å². The molecule has 5 nitrogen and oxygen atoms in total. The highest BCUT2D eigenvalue weighted by molar-refractivity contribution is 5.85. The van der Waals surface area contributed by atoms with E-state index < -0.39 is 0 Å². The SMILES string of the molecule is CC(CN1CCCCC1)NC(=O)Cc1ccc(N)cn1.Cl.Cl. The van der Waals surface area contributed by atoms with Gasteiger partial charge in [0.2, 0.25) is 5.91 Å². The normalized spacial score (nSPS) is 16.0. The fourth-order valence-corrected chi connectivity index (χ4v) is 2.61. The molecule has 22 heavy (non-hydrogen) atoms. The Morgan fingerprint density at radius 1 is 1.32 bits per heavy atom. The summed E-state index contributed by atoms with van der Waals surface area (Å²) >= 11 is 0. The molecule has 126 valence electrons. The van der Waals surface area contributed by atoms with Crippen LogP contribution in [0.4, 0.5) is 5.69 Å². The van der Waals surface area contributed by atoms with Crippen LogP contribution < -0.4 is 11.1 Å². The fourth-order valence-electron chi connectivity index (χ4n) is 2.61. The maximum absolute atomic E-state index is 11.9. The maximum Gasteiger partial charge on any atom is 0.226 e. The van der Waals surface area contributed by atoms with Crippen molar-refractivity contribution in [2.45, 2.75) is 38.6 Å². The van der Waals surface area contributed by atoms with E-state index in [4.69, 9.17) is 5.73 Å². The molecule has 1 saturated heterocycles. The molecule has 0 radical (unpaired) electrons. The number of nitrogens with one attached hydrogen (secondary N) is 1. The number of nitrogen functional groups attached to an aromatic ring is 1. The predicted octanol–water partition coefficient (Wildman–Crippen LogP) is 2.04. The smallest absolute Gasteiger partial charge is 0.226 e. The second-order valence-corrected chi connectivity index (χ2v) is 5.59. The summed E-state index contributed by atoms with van der Waals surface area (Å²) < 4.78 is 0. The highest BCUT2D eigenvalue weighted by atomic mass is 35.5. The van der Waals surface area contributed by atoms with E-state index in [0.717, 1.165) is 25.3 Å². The Hall–Kier alpha value is -1.04. The summed E-state index contributed by atoms with van der Waals surface area (Å²) in [5, 5.41) is 3.04. The van der Waals surface area contributed by atoms with Gasteiger partial charge in [-0.3, -0.25) is 9.78 Å². The van der Waals surface area contributed by atoms with Gasteiger partial charge in [0, 0.05) is 18.3 Å². The van der Waals surface area contributed by atoms with Crippen LogP contribution in [0.15, 0.2) is 18.3 Å². The first-order valence-electron chi connectivity index (χ1n) is 7.35. The number of hydrogen-bond acceptors (Lipinski definition) is 4. The number of pyridine rings is 1. The van der Waals surface area contributed by atoms with Gasteiger partial charge < -0.3 is 16.0 Å². The van der Waals surface area contributed by atoms with Gasteiger partial charge in [0.1, 0.15) is 0 Å². The molecule has 0 bridgehead atoms. The first-order chi connectivity index (χ1) is 9.63. The number of aromatic nitrogens is 1. The summed E-state index contributed by atoms with van der Waals surface area (Å²) in [5.41, 5.74) is 6.94. The quantitative estimate of drug-likeness (QED) is 0.853. The molecule has 0 spiro atoms. The lowest BCUT2D eigenvalue weighted by atomic mass is 10.1. The zero-order valence-electron chi connectivity index (χ0n) is 13.0. The molecule has 1 fully saturated rings. The van der Waals surface area contributed by atoms with Crippen molar-refractivity contribution in [1.82, 2.24) is 15.2 Å². The Bertz CT molecular complexity index is 436. The average Bonchev–Trinajstić information content (AvgIpc) is 2.42. The van der Waals surface area contributed by atoms with Crippen LogP contribution >= 0.6 is 24.8 Å². The molecule has 1 aromatic heterocycles. The summed E-state index contributed by atoms with van der Waals surface area (Å²) in [7, 11) is 0. The highest BCUT2D eigenvalue weighted by Crippen LogP contribution is 2.09. The van der Waals surface area contributed by atoms with Gasteiger partial charge in [-0.2, -0.15) is 0 Å². The Kier molecular flexibility index (Phi) is 10.1. The Balaban J connectivity index is 0.00000220. The summed E-state index contributed by atoms with van der Waals surface area (Å²) in [6.07, 6.45) is 5.77. The van der Waals surface area contributed by atoms with Crippen LogP contribution in [-0.4, -0.2) is 41.5 Å². The van der Waals surface area contributed by atoms with Gasteiger partial charge in [0.15, 0.2) is 0 Å². The van der Waals surface area contributed by atoms with Gasteiger partial charge in [-0.1, -0.05) is 6.42 Å². The van der Waals surface area contributed by atoms with Crippen LogP contribution in [0.25, 0.3) is 0 Å². The topological polar surface area (TPSA) is 71.2 Å². The molecule has 0 saturated carbocycles. The predicted molar refractivity (Wildman–Crippen MR) is 94.7 cm³/mol. The molecule has 2 heterocycles. The number of likely N-dealkylation sites (tertiary alicyclic amines) is 1. The Morgan fingerprint density at radius 3 is 2.59 bits per heavy atom. The zero-order valence-corrected chi connectivity index (χ0v) is 14.6. The number of halogens is 2. The first kappa shape index (κ1) is 21.0. The van der Waals surface area contributed by atoms with Gasteiger partial charge in [-0.25, -0.2) is 0 Å². The minimum absolute atomic E-state index is 0. The number of piperidine rings is 1. The fraction of sp³-hybridized carbons (Fsp3) is 0.600. The molecule has 0 aliphatic carbocycles. The summed E-state index contributed by atoms with van der Waals surface area (Å²) in [6.45, 7) is 5.29. The number of amides is 1. The number of rotatable bonds is 5. The molecule has 3 N–H and O–H groups in total. The van der Waals surface area contributed by atoms with Crippen molar-refractivity contribution >= 4 is 36.4 Å². The molecule has 2 rings (SSSR count). The third-order valence-corrected chi connectivity index (χ3v) is 3.58. The summed E-state index contributed by atoms with van der Waals surface area (Å²) in [6, 6.07) is 3.74. The Labute approximate surface area is 144 Å². The van der Waals surface area contributed by atoms with Gasteiger partial charge in [-0.15, -0.1) is 24.8 Å². The molecule has 0 aromatic carbocycles. The minimum Gasteiger partial charge on any atom is -0.397 e. The molecule has 1 aliphatic rings. The zero-order chi connectivity index (χ0) is 14.4. The van der Waals surface area contributed by atoms with Crippen molar-refractivity contribution in [2.75, 3.05) is 25.4 Å². The molecule has 1 unspecified atom stereocenters. The molecule has 1 atom stereocenters. The molecule has 1 amide bonds. The Morgan fingerprint density at radius 2 is 2.00 bits per heavy atom. The number of carbonyl (C=O) groups excluding carboxylic acids is 1. The molecular weight excluding hydrogens is 323 g/mol. The van der Waals surface area contributed by atoms with E-state index in [-0.39, 0.29) is 36.8 Å². The van der Waals surface area contributed by atoms with E-state index in [0.29, 0.717) is 12.1 Å². The molecule has 1 aliphatic heterocycles. The highest BCUT2D eigenvalue weighted by Gasteiger charge is 2.15. The summed E-state index contributed by atoms with van der Waals surface area (Å²) in [5.74, 6) is 0.0202. The standard InChI is InChI=1S/C15H24N4O.2ClH/c1-12(11-19-7-3-2-4-8-19)18-15(20)9-14-6-5-13(16)10-17-14;;/h5-6,10,12H,2-4,7-9,11,16H2,1H3,(H,18,20);2*1H. The van der Waals surface area contributed by atoms with Crippen LogP contribution in [-0.2, 0) is 11.2 Å². The van der Waals surface area contributed by atoms with Crippen molar-refractivity contribution in [3.05, 3.63) is 24.0 Å². The number of carbonyl (C=O) groups is 1. The van der Waals surface area contributed by atoms with Crippen LogP contribution in [0.1, 0.15) is 31.9 Å². The number of nitrogens with zero attached hydrogens (tertiary/aromatic N) is 2. The van der Waals surface area contributed by atoms with E-state index in [2.05, 4.69) is 22.1 Å². The van der Waals surface area contributed by atoms with Crippen molar-refractivity contribution in [1.29, 1.82) is 0 Å². The van der Waals surface area contributed by atoms with Gasteiger partial charge >= 0.3 is 0 Å². The van der Waals surface area contributed by atoms with Gasteiger partial charge in [-0.05, 0) is 45.0 Å². The minimum atomic E-state index is 0. The lowest BCUT2D eigenvalue weighted by molar-refractivity contribution is -0.121. The lowest BCUT2D eigenvalue weighted by Gasteiger charge is -2.29. The van der Waals surface area contributed by atoms with Crippen LogP contribution in [0, 0.1) is 0 Å². The van der Waals surface area contributed by atoms with Crippen LogP contribution in [0.2, 0.25) is 0 Å². The van der Waals surface area contributed by atoms with E-state index in [1.54, 1.807) is 18.3 Å². The van der Waals surface area contributed by atoms with Crippen molar-refractivity contribution in [2.24, 2.45) is 0 Å². The third kappa shape index (κ3) is 7.29. The number of nitrogens with two attached hydrogens (primary N) is 1. The first-order valence-corrected chi connectivity index (χ1v) is 7.35. The number of hydrogen-bond donors (Lipinski definition) is 2. The van der Waals surface area contributed by atoms with E-state index in [1.807, 2.05) is 0 Å². The average molecular weight is 349 g/mol. The maximum atomic E-state index is 11.9. The van der Waals surface area contributed by atoms with Gasteiger partial charge in [0.25, 0.3) is 0 Å². The van der Waals surface area contributed by atoms with E-state index in [1.165, 1.54) is 19.3 Å². The van der Waals surface area contributed by atoms with Crippen molar-refractivity contribution in [3.8, 4) is 0 Å². The van der Waals surface area contributed by atoms with Crippen molar-refractivity contribution < 1.29 is 4.79 Å². The van der Waals surface area contributed by atoms with Crippen LogP contribution in [0.5, 0.6) is 0 Å². The molecule has 7 heteroatoms. The van der Waals surface area contributed by atoms with E-state index in [9.17, 15) is 4.79 Å². The molecular formula is C15H26Cl2N4O. The molecule has 1 aromatic rings. The van der Waals surface area contributed by atoms with E-state index >= 15 is 0 Å². The summed E-state index contributed by atoms with van der Waals surface area (Å²) in [4.78, 5) is 18.5. The second-order valence-electron chi connectivity index (χ2n) is 5.59. The third-order valence-electron chi connectivity index (χ3n) is 3.58. The van der Waals surface area contributed by atoms with Gasteiger partial charge in [0.05, 0.1) is 18.3 Å².